The van der Waals surface area contributed by atoms with Gasteiger partial charge in [0.05, 0.1) is 12.7 Å². The van der Waals surface area contributed by atoms with Crippen molar-refractivity contribution in [2.75, 3.05) is 7.11 Å². The Bertz CT molecular complexity index is 1070. The van der Waals surface area contributed by atoms with E-state index in [1.54, 1.807) is 30.4 Å². The molecule has 26 heavy (non-hydrogen) atoms. The number of rotatable bonds is 3. The second-order valence-corrected chi connectivity index (χ2v) is 5.92. The number of carbonyl (C=O) groups excluding carboxylic acids is 1. The van der Waals surface area contributed by atoms with Gasteiger partial charge in [0.25, 0.3) is 0 Å². The summed E-state index contributed by atoms with van der Waals surface area (Å²) in [6, 6.07) is 18.9. The van der Waals surface area contributed by atoms with E-state index in [1.807, 2.05) is 42.5 Å². The molecule has 0 saturated carbocycles. The molecule has 4 nitrogen and oxygen atoms in total. The largest absolute Gasteiger partial charge is 0.504 e. The molecule has 0 unspecified atom stereocenters. The van der Waals surface area contributed by atoms with Gasteiger partial charge in [0.2, 0.25) is 0 Å². The Morgan fingerprint density at radius 2 is 1.77 bits per heavy atom. The average Bonchev–Trinajstić information content (AvgIpc) is 3.03. The first kappa shape index (κ1) is 16.0. The second kappa shape index (κ2) is 6.41. The molecule has 0 saturated heterocycles. The first-order chi connectivity index (χ1) is 12.7. The molecule has 0 amide bonds. The van der Waals surface area contributed by atoms with Gasteiger partial charge in [-0.1, -0.05) is 54.6 Å². The van der Waals surface area contributed by atoms with Gasteiger partial charge in [-0.3, -0.25) is 0 Å². The molecule has 1 heterocycles. The number of carbonyl (C=O) groups is 1. The Labute approximate surface area is 150 Å². The lowest BCUT2D eigenvalue weighted by Gasteiger charge is -2.06. The van der Waals surface area contributed by atoms with Crippen LogP contribution in [-0.2, 0) is 9.53 Å². The van der Waals surface area contributed by atoms with E-state index in [2.05, 4.69) is 0 Å². The molecule has 128 valence electrons. The van der Waals surface area contributed by atoms with E-state index in [4.69, 9.17) is 9.47 Å². The molecule has 0 aliphatic carbocycles. The van der Waals surface area contributed by atoms with Crippen LogP contribution in [0, 0.1) is 0 Å². The first-order valence-corrected chi connectivity index (χ1v) is 8.17. The van der Waals surface area contributed by atoms with Gasteiger partial charge >= 0.3 is 5.97 Å². The van der Waals surface area contributed by atoms with E-state index in [0.29, 0.717) is 22.6 Å². The van der Waals surface area contributed by atoms with Crippen LogP contribution in [0.15, 0.2) is 72.3 Å². The number of methoxy groups -OCH3 is 1. The molecular formula is C22H16O4. The molecule has 3 aromatic rings. The molecule has 1 N–H and O–H groups in total. The highest BCUT2D eigenvalue weighted by Gasteiger charge is 2.23. The number of fused-ring (bicyclic) bond motifs is 1. The molecule has 0 radical (unpaired) electrons. The van der Waals surface area contributed by atoms with Gasteiger partial charge in [0, 0.05) is 11.1 Å². The van der Waals surface area contributed by atoms with E-state index in [0.717, 1.165) is 16.3 Å². The van der Waals surface area contributed by atoms with Gasteiger partial charge in [-0.05, 0) is 29.0 Å². The van der Waals surface area contributed by atoms with Crippen molar-refractivity contribution < 1.29 is 19.4 Å². The van der Waals surface area contributed by atoms with Crippen molar-refractivity contribution in [1.82, 2.24) is 0 Å². The van der Waals surface area contributed by atoms with Crippen molar-refractivity contribution in [3.63, 3.8) is 0 Å². The molecular weight excluding hydrogens is 328 g/mol. The maximum absolute atomic E-state index is 12.3. The van der Waals surface area contributed by atoms with E-state index in [1.165, 1.54) is 7.11 Å². The lowest BCUT2D eigenvalue weighted by Crippen LogP contribution is -1.97. The van der Waals surface area contributed by atoms with Crippen molar-refractivity contribution >= 4 is 28.6 Å². The smallest absolute Gasteiger partial charge is 0.343 e. The zero-order chi connectivity index (χ0) is 18.1. The van der Waals surface area contributed by atoms with Crippen LogP contribution in [0.1, 0.15) is 11.1 Å². The van der Waals surface area contributed by atoms with Crippen LogP contribution in [0.4, 0.5) is 0 Å². The van der Waals surface area contributed by atoms with E-state index < -0.39 is 5.97 Å². The topological polar surface area (TPSA) is 55.8 Å². The molecule has 0 atom stereocenters. The summed E-state index contributed by atoms with van der Waals surface area (Å²) in [5.41, 5.74) is 1.72. The number of cyclic esters (lactones) is 1. The summed E-state index contributed by atoms with van der Waals surface area (Å²) < 4.78 is 10.6. The highest BCUT2D eigenvalue weighted by molar-refractivity contribution is 6.07. The molecule has 1 aliphatic heterocycles. The molecule has 4 rings (SSSR count). The fraction of sp³-hybridized carbons (Fsp3) is 0.0455. The summed E-state index contributed by atoms with van der Waals surface area (Å²) in [6.07, 6.45) is 3.29. The minimum atomic E-state index is -0.449. The van der Waals surface area contributed by atoms with Crippen LogP contribution in [0.5, 0.6) is 11.5 Å². The minimum absolute atomic E-state index is 0.0117. The lowest BCUT2D eigenvalue weighted by molar-refractivity contribution is -0.130. The number of benzene rings is 3. The number of phenolic OH excluding ortho intramolecular Hbond substituents is 1. The molecule has 0 spiro atoms. The van der Waals surface area contributed by atoms with E-state index in [9.17, 15) is 9.90 Å². The van der Waals surface area contributed by atoms with Gasteiger partial charge in [0.15, 0.2) is 11.5 Å². The maximum atomic E-state index is 12.3. The lowest BCUT2D eigenvalue weighted by atomic mass is 10.0. The highest BCUT2D eigenvalue weighted by atomic mass is 16.5. The number of ether oxygens (including phenoxy) is 2. The monoisotopic (exact) mass is 344 g/mol. The summed E-state index contributed by atoms with van der Waals surface area (Å²) >= 11 is 0. The average molecular weight is 344 g/mol. The maximum Gasteiger partial charge on any atom is 0.343 e. The first-order valence-electron chi connectivity index (χ1n) is 8.17. The summed E-state index contributed by atoms with van der Waals surface area (Å²) in [4.78, 5) is 12.3. The highest BCUT2D eigenvalue weighted by Crippen LogP contribution is 2.35. The number of hydrogen-bond acceptors (Lipinski definition) is 4. The molecule has 4 heteroatoms. The van der Waals surface area contributed by atoms with Crippen molar-refractivity contribution in [3.05, 3.63) is 83.4 Å². The van der Waals surface area contributed by atoms with E-state index >= 15 is 0 Å². The van der Waals surface area contributed by atoms with Crippen LogP contribution in [0.3, 0.4) is 0 Å². The molecule has 0 aromatic heterocycles. The predicted molar refractivity (Wildman–Crippen MR) is 101 cm³/mol. The zero-order valence-electron chi connectivity index (χ0n) is 14.1. The van der Waals surface area contributed by atoms with Gasteiger partial charge < -0.3 is 14.6 Å². The van der Waals surface area contributed by atoms with Crippen molar-refractivity contribution in [1.29, 1.82) is 0 Å². The quantitative estimate of drug-likeness (QED) is 0.560. The molecule has 3 aromatic carbocycles. The van der Waals surface area contributed by atoms with E-state index in [-0.39, 0.29) is 5.75 Å². The van der Waals surface area contributed by atoms with Crippen LogP contribution < -0.4 is 4.74 Å². The van der Waals surface area contributed by atoms with Gasteiger partial charge in [0.1, 0.15) is 5.76 Å². The molecule has 1 aliphatic rings. The van der Waals surface area contributed by atoms with Crippen molar-refractivity contribution in [2.45, 2.75) is 0 Å². The third-order valence-corrected chi connectivity index (χ3v) is 4.34. The number of aromatic hydroxyl groups is 1. The number of para-hydroxylation sites is 1. The van der Waals surface area contributed by atoms with Crippen LogP contribution >= 0.6 is 0 Å². The fourth-order valence-corrected chi connectivity index (χ4v) is 3.05. The molecule has 0 fully saturated rings. The van der Waals surface area contributed by atoms with Crippen LogP contribution in [0.2, 0.25) is 0 Å². The summed E-state index contributed by atoms with van der Waals surface area (Å²) in [7, 11) is 1.48. The third-order valence-electron chi connectivity index (χ3n) is 4.34. The Balaban J connectivity index is 1.79. The SMILES string of the molecule is COc1cccc(/C=C2/C=C(c3cccc4ccccc34)OC2=O)c1O. The van der Waals surface area contributed by atoms with Gasteiger partial charge in [-0.2, -0.15) is 0 Å². The Morgan fingerprint density at radius 1 is 1.00 bits per heavy atom. The number of esters is 1. The predicted octanol–water partition coefficient (Wildman–Crippen LogP) is 4.54. The number of phenols is 1. The Hall–Kier alpha value is -3.53. The second-order valence-electron chi connectivity index (χ2n) is 5.92. The van der Waals surface area contributed by atoms with Gasteiger partial charge in [-0.15, -0.1) is 0 Å². The number of hydrogen-bond donors (Lipinski definition) is 1. The van der Waals surface area contributed by atoms with Crippen molar-refractivity contribution in [2.24, 2.45) is 0 Å². The minimum Gasteiger partial charge on any atom is -0.504 e. The van der Waals surface area contributed by atoms with Gasteiger partial charge in [-0.25, -0.2) is 4.79 Å². The van der Waals surface area contributed by atoms with Crippen LogP contribution in [0.25, 0.3) is 22.6 Å². The standard InChI is InChI=1S/C22H16O4/c1-25-19-11-5-8-15(21(19)23)12-16-13-20(26-22(16)24)18-10-4-7-14-6-2-3-9-17(14)18/h2-13,23H,1H3/b16-12-. The fourth-order valence-electron chi connectivity index (χ4n) is 3.05. The summed E-state index contributed by atoms with van der Waals surface area (Å²) in [6.45, 7) is 0. The summed E-state index contributed by atoms with van der Waals surface area (Å²) in [5, 5.41) is 12.3. The van der Waals surface area contributed by atoms with Crippen molar-refractivity contribution in [3.8, 4) is 11.5 Å². The summed E-state index contributed by atoms with van der Waals surface area (Å²) in [5.74, 6) is 0.391. The zero-order valence-corrected chi connectivity index (χ0v) is 14.1. The normalized spacial score (nSPS) is 15.2. The molecule has 0 bridgehead atoms. The third kappa shape index (κ3) is 2.71. The Kier molecular flexibility index (Phi) is 3.93. The van der Waals surface area contributed by atoms with Crippen LogP contribution in [-0.4, -0.2) is 18.2 Å². The Morgan fingerprint density at radius 3 is 2.62 bits per heavy atom.